The molecule has 1 aliphatic rings. The van der Waals surface area contributed by atoms with Crippen LogP contribution in [0.3, 0.4) is 0 Å². The van der Waals surface area contributed by atoms with Gasteiger partial charge in [0.2, 0.25) is 0 Å². The number of anilines is 1. The van der Waals surface area contributed by atoms with E-state index in [1.165, 1.54) is 18.2 Å². The second-order valence-electron chi connectivity index (χ2n) is 9.87. The van der Waals surface area contributed by atoms with Crippen LogP contribution >= 0.6 is 15.9 Å². The largest absolute Gasteiger partial charge is 0.493 e. The maximum absolute atomic E-state index is 13.5. The first-order valence-corrected chi connectivity index (χ1v) is 14.2. The summed E-state index contributed by atoms with van der Waals surface area (Å²) in [5.41, 5.74) is 2.89. The first-order valence-electron chi connectivity index (χ1n) is 13.4. The van der Waals surface area contributed by atoms with Crippen molar-refractivity contribution >= 4 is 44.6 Å². The predicted octanol–water partition coefficient (Wildman–Crippen LogP) is 6.42. The average molecular weight is 604 g/mol. The van der Waals surface area contributed by atoms with E-state index in [4.69, 9.17) is 14.5 Å². The molecule has 8 nitrogen and oxygen atoms in total. The Bertz CT molecular complexity index is 1630. The Hall–Kier alpha value is -3.98. The monoisotopic (exact) mass is 602 g/mol. The average Bonchev–Trinajstić information content (AvgIpc) is 2.97. The lowest BCUT2D eigenvalue weighted by atomic mass is 9.88. The van der Waals surface area contributed by atoms with E-state index in [-0.39, 0.29) is 24.0 Å². The van der Waals surface area contributed by atoms with Crippen LogP contribution in [0.15, 0.2) is 75.0 Å². The third-order valence-electron chi connectivity index (χ3n) is 7.09. The van der Waals surface area contributed by atoms with Crippen molar-refractivity contribution in [3.63, 3.8) is 0 Å². The van der Waals surface area contributed by atoms with Gasteiger partial charge in [0.05, 0.1) is 28.7 Å². The summed E-state index contributed by atoms with van der Waals surface area (Å²) in [5, 5.41) is 8.00. The van der Waals surface area contributed by atoms with Crippen molar-refractivity contribution in [1.82, 2.24) is 9.66 Å². The second-order valence-corrected chi connectivity index (χ2v) is 10.7. The number of nitrogens with zero attached hydrogens (tertiary/aromatic N) is 3. The van der Waals surface area contributed by atoms with Crippen LogP contribution in [0.25, 0.3) is 10.9 Å². The summed E-state index contributed by atoms with van der Waals surface area (Å²) in [6.07, 6.45) is 7.03. The normalized spacial score (nSPS) is 14.0. The standard InChI is InChI=1S/C31H31BrN4O4/c1-20-10-6-8-14-25(20)34-28(37)19-40-29-24(32)16-21(17-27(29)39-2)18-33-36-30(22-11-4-3-5-12-22)35-26-15-9-7-13-23(26)31(36)38/h6-10,13-18,22H,3-5,11-12,19H2,1-2H3,(H,34,37). The number of para-hydroxylation sites is 2. The molecule has 4 aromatic rings. The fourth-order valence-electron chi connectivity index (χ4n) is 4.99. The SMILES string of the molecule is COc1cc(C=Nn2c(C3CCCCC3)nc3ccccc3c2=O)cc(Br)c1OCC(=O)Nc1ccccc1C. The third-order valence-corrected chi connectivity index (χ3v) is 7.68. The van der Waals surface area contributed by atoms with Crippen LogP contribution in [-0.2, 0) is 4.79 Å². The van der Waals surface area contributed by atoms with Crippen LogP contribution < -0.4 is 20.3 Å². The summed E-state index contributed by atoms with van der Waals surface area (Å²) in [5.74, 6) is 1.42. The highest BCUT2D eigenvalue weighted by Gasteiger charge is 2.22. The zero-order chi connectivity index (χ0) is 28.1. The molecule has 40 heavy (non-hydrogen) atoms. The lowest BCUT2D eigenvalue weighted by Gasteiger charge is -2.22. The van der Waals surface area contributed by atoms with Crippen LogP contribution in [-0.4, -0.2) is 35.5 Å². The van der Waals surface area contributed by atoms with Gasteiger partial charge in [0.1, 0.15) is 5.82 Å². The maximum Gasteiger partial charge on any atom is 0.282 e. The minimum Gasteiger partial charge on any atom is -0.493 e. The molecule has 1 N–H and O–H groups in total. The summed E-state index contributed by atoms with van der Waals surface area (Å²) in [6, 6.07) is 18.5. The molecule has 0 unspecified atom stereocenters. The van der Waals surface area contributed by atoms with Gasteiger partial charge >= 0.3 is 0 Å². The molecule has 9 heteroatoms. The fraction of sp³-hybridized carbons (Fsp3) is 0.290. The summed E-state index contributed by atoms with van der Waals surface area (Å²) in [4.78, 5) is 30.9. The quantitative estimate of drug-likeness (QED) is 0.235. The van der Waals surface area contributed by atoms with E-state index in [1.807, 2.05) is 49.4 Å². The van der Waals surface area contributed by atoms with Gasteiger partial charge in [-0.05, 0) is 77.2 Å². The molecule has 0 aliphatic heterocycles. The summed E-state index contributed by atoms with van der Waals surface area (Å²) in [6.45, 7) is 1.73. The summed E-state index contributed by atoms with van der Waals surface area (Å²) in [7, 11) is 1.53. The molecule has 1 aliphatic carbocycles. The Labute approximate surface area is 241 Å². The van der Waals surface area contributed by atoms with E-state index in [2.05, 4.69) is 26.3 Å². The number of hydrogen-bond acceptors (Lipinski definition) is 6. The molecule has 3 aromatic carbocycles. The number of nitrogens with one attached hydrogen (secondary N) is 1. The second kappa shape index (κ2) is 12.5. The van der Waals surface area contributed by atoms with Crippen molar-refractivity contribution in [2.45, 2.75) is 44.9 Å². The number of methoxy groups -OCH3 is 1. The number of halogens is 1. The van der Waals surface area contributed by atoms with Crippen LogP contribution in [0.2, 0.25) is 0 Å². The van der Waals surface area contributed by atoms with Gasteiger partial charge in [-0.15, -0.1) is 0 Å². The Morgan fingerprint density at radius 2 is 1.88 bits per heavy atom. The van der Waals surface area contributed by atoms with Gasteiger partial charge < -0.3 is 14.8 Å². The molecule has 0 radical (unpaired) electrons. The lowest BCUT2D eigenvalue weighted by Crippen LogP contribution is -2.25. The fourth-order valence-corrected chi connectivity index (χ4v) is 5.57. The molecule has 0 saturated heterocycles. The van der Waals surface area contributed by atoms with Gasteiger partial charge in [0.15, 0.2) is 18.1 Å². The van der Waals surface area contributed by atoms with Crippen LogP contribution in [0.4, 0.5) is 5.69 Å². The topological polar surface area (TPSA) is 94.8 Å². The number of benzene rings is 3. The van der Waals surface area contributed by atoms with Gasteiger partial charge in [0, 0.05) is 11.6 Å². The van der Waals surface area contributed by atoms with Crippen molar-refractivity contribution in [1.29, 1.82) is 0 Å². The van der Waals surface area contributed by atoms with E-state index in [0.29, 0.717) is 38.3 Å². The van der Waals surface area contributed by atoms with Crippen molar-refractivity contribution in [2.24, 2.45) is 5.10 Å². The van der Waals surface area contributed by atoms with Crippen LogP contribution in [0.1, 0.15) is 55.0 Å². The Kier molecular flexibility index (Phi) is 8.60. The molecular formula is C31H31BrN4O4. The molecule has 0 spiro atoms. The van der Waals surface area contributed by atoms with Gasteiger partial charge in [-0.1, -0.05) is 49.6 Å². The highest BCUT2D eigenvalue weighted by molar-refractivity contribution is 9.10. The molecule has 1 heterocycles. The molecule has 0 bridgehead atoms. The van der Waals surface area contributed by atoms with Gasteiger partial charge in [-0.3, -0.25) is 9.59 Å². The van der Waals surface area contributed by atoms with Crippen molar-refractivity contribution in [3.8, 4) is 11.5 Å². The van der Waals surface area contributed by atoms with Crippen LogP contribution in [0.5, 0.6) is 11.5 Å². The molecule has 5 rings (SSSR count). The summed E-state index contributed by atoms with van der Waals surface area (Å²) >= 11 is 3.54. The number of aromatic nitrogens is 2. The minimum absolute atomic E-state index is 0.186. The number of rotatable bonds is 8. The minimum atomic E-state index is -0.285. The zero-order valence-corrected chi connectivity index (χ0v) is 24.1. The first kappa shape index (κ1) is 27.6. The van der Waals surface area contributed by atoms with E-state index in [9.17, 15) is 9.59 Å². The number of hydrogen-bond donors (Lipinski definition) is 1. The molecule has 1 fully saturated rings. The van der Waals surface area contributed by atoms with E-state index in [0.717, 1.165) is 36.9 Å². The van der Waals surface area contributed by atoms with E-state index in [1.54, 1.807) is 24.4 Å². The number of ether oxygens (including phenoxy) is 2. The predicted molar refractivity (Wildman–Crippen MR) is 161 cm³/mol. The van der Waals surface area contributed by atoms with Crippen molar-refractivity contribution in [3.05, 3.63) is 92.4 Å². The first-order chi connectivity index (χ1) is 19.4. The molecule has 1 saturated carbocycles. The van der Waals surface area contributed by atoms with E-state index >= 15 is 0 Å². The van der Waals surface area contributed by atoms with Gasteiger partial charge in [-0.25, -0.2) is 4.98 Å². The van der Waals surface area contributed by atoms with Crippen molar-refractivity contribution < 1.29 is 14.3 Å². The van der Waals surface area contributed by atoms with Crippen LogP contribution in [0, 0.1) is 6.92 Å². The number of carbonyl (C=O) groups is 1. The molecule has 206 valence electrons. The molecule has 1 amide bonds. The van der Waals surface area contributed by atoms with E-state index < -0.39 is 0 Å². The number of carbonyl (C=O) groups excluding carboxylic acids is 1. The Morgan fingerprint density at radius 1 is 1.12 bits per heavy atom. The maximum atomic E-state index is 13.5. The number of fused-ring (bicyclic) bond motifs is 1. The Morgan fingerprint density at radius 3 is 2.65 bits per heavy atom. The molecule has 1 aromatic heterocycles. The van der Waals surface area contributed by atoms with Crippen molar-refractivity contribution in [2.75, 3.05) is 19.0 Å². The highest BCUT2D eigenvalue weighted by atomic mass is 79.9. The molecular weight excluding hydrogens is 572 g/mol. The smallest absolute Gasteiger partial charge is 0.282 e. The molecule has 0 atom stereocenters. The number of aryl methyl sites for hydroxylation is 1. The third kappa shape index (κ3) is 6.09. The summed E-state index contributed by atoms with van der Waals surface area (Å²) < 4.78 is 13.4. The lowest BCUT2D eigenvalue weighted by molar-refractivity contribution is -0.118. The van der Waals surface area contributed by atoms with Gasteiger partial charge in [0.25, 0.3) is 11.5 Å². The Balaban J connectivity index is 1.40. The zero-order valence-electron chi connectivity index (χ0n) is 22.5. The van der Waals surface area contributed by atoms with Gasteiger partial charge in [-0.2, -0.15) is 9.78 Å². The number of amides is 1. The highest BCUT2D eigenvalue weighted by Crippen LogP contribution is 2.36.